The molecule has 0 spiro atoms. The molecule has 4 nitrogen and oxygen atoms in total. The van der Waals surface area contributed by atoms with Crippen LogP contribution >= 0.6 is 11.6 Å². The van der Waals surface area contributed by atoms with Gasteiger partial charge in [-0.25, -0.2) is 4.39 Å². The lowest BCUT2D eigenvalue weighted by Crippen LogP contribution is -2.19. The molecular formula is C21H22ClFN2O2. The van der Waals surface area contributed by atoms with Crippen LogP contribution in [0.15, 0.2) is 24.3 Å². The summed E-state index contributed by atoms with van der Waals surface area (Å²) in [5.74, 6) is 0.836. The van der Waals surface area contributed by atoms with Crippen LogP contribution < -0.4 is 5.32 Å². The number of amides is 1. The average molecular weight is 389 g/mol. The minimum absolute atomic E-state index is 0.0237. The number of nitrogens with one attached hydrogen (secondary N) is 1. The summed E-state index contributed by atoms with van der Waals surface area (Å²) in [6.07, 6.45) is 3.29. The van der Waals surface area contributed by atoms with Gasteiger partial charge in [-0.15, -0.1) is 0 Å². The van der Waals surface area contributed by atoms with Gasteiger partial charge < -0.3 is 9.88 Å². The first-order chi connectivity index (χ1) is 12.8. The number of hydrogen-bond donors (Lipinski definition) is 1. The fourth-order valence-corrected chi connectivity index (χ4v) is 4.93. The summed E-state index contributed by atoms with van der Waals surface area (Å²) in [6, 6.07) is 6.24. The van der Waals surface area contributed by atoms with Crippen molar-refractivity contribution in [1.82, 2.24) is 4.57 Å². The van der Waals surface area contributed by atoms with Crippen LogP contribution in [0.3, 0.4) is 0 Å². The van der Waals surface area contributed by atoms with Crippen LogP contribution in [-0.4, -0.2) is 16.3 Å². The minimum atomic E-state index is -0.517. The zero-order chi connectivity index (χ0) is 19.3. The highest BCUT2D eigenvalue weighted by Gasteiger charge is 2.42. The van der Waals surface area contributed by atoms with Crippen LogP contribution in [0.2, 0.25) is 5.02 Å². The molecule has 1 aromatic heterocycles. The molecule has 0 saturated heterocycles. The quantitative estimate of drug-likeness (QED) is 0.817. The summed E-state index contributed by atoms with van der Waals surface area (Å²) < 4.78 is 15.3. The highest BCUT2D eigenvalue weighted by molar-refractivity contribution is 6.31. The maximum absolute atomic E-state index is 13.4. The first-order valence-electron chi connectivity index (χ1n) is 9.27. The number of nitrogens with zero attached hydrogens (tertiary/aromatic N) is 1. The number of aryl methyl sites for hydroxylation is 1. The number of rotatable bonds is 3. The summed E-state index contributed by atoms with van der Waals surface area (Å²) in [4.78, 5) is 24.7. The Hall–Kier alpha value is -2.14. The number of carbonyl (C=O) groups is 2. The number of ketones is 1. The Bertz CT molecular complexity index is 921. The lowest BCUT2D eigenvalue weighted by molar-refractivity contribution is -0.117. The Morgan fingerprint density at radius 3 is 2.52 bits per heavy atom. The number of Topliss-reactive ketones (excluding diaryl/α,β-unsaturated/α-hetero) is 1. The van der Waals surface area contributed by atoms with Gasteiger partial charge in [-0.1, -0.05) is 11.6 Å². The smallest absolute Gasteiger partial charge is 0.272 e. The Morgan fingerprint density at radius 1 is 1.22 bits per heavy atom. The summed E-state index contributed by atoms with van der Waals surface area (Å²) in [6.45, 7) is 1.98. The molecule has 2 aromatic rings. The van der Waals surface area contributed by atoms with E-state index in [1.165, 1.54) is 18.2 Å². The topological polar surface area (TPSA) is 51.1 Å². The van der Waals surface area contributed by atoms with Crippen molar-refractivity contribution in [3.05, 3.63) is 52.1 Å². The van der Waals surface area contributed by atoms with Gasteiger partial charge in [-0.2, -0.15) is 0 Å². The summed E-state index contributed by atoms with van der Waals surface area (Å²) in [5.41, 5.74) is 3.15. The first kappa shape index (κ1) is 18.2. The average Bonchev–Trinajstić information content (AvgIpc) is 3.22. The number of anilines is 1. The number of hydrogen-bond acceptors (Lipinski definition) is 2. The number of benzene rings is 1. The summed E-state index contributed by atoms with van der Waals surface area (Å²) >= 11 is 5.82. The zero-order valence-corrected chi connectivity index (χ0v) is 16.1. The van der Waals surface area contributed by atoms with Gasteiger partial charge >= 0.3 is 0 Å². The SMILES string of the molecule is Cc1cc(C2CC3CC(=O)CC3C2)c(C(=O)Nc2ccc(F)c(Cl)c2)n1C. The molecule has 27 heavy (non-hydrogen) atoms. The van der Waals surface area contributed by atoms with E-state index in [0.717, 1.165) is 24.1 Å². The number of carbonyl (C=O) groups excluding carboxylic acids is 2. The molecule has 2 atom stereocenters. The monoisotopic (exact) mass is 388 g/mol. The van der Waals surface area contributed by atoms with Crippen LogP contribution in [0, 0.1) is 24.6 Å². The highest BCUT2D eigenvalue weighted by Crippen LogP contribution is 2.50. The third-order valence-electron chi connectivity index (χ3n) is 6.16. The number of halogens is 2. The Balaban J connectivity index is 1.60. The van der Waals surface area contributed by atoms with Crippen LogP contribution in [0.1, 0.15) is 53.3 Å². The third-order valence-corrected chi connectivity index (χ3v) is 6.45. The van der Waals surface area contributed by atoms with E-state index in [4.69, 9.17) is 11.6 Å². The van der Waals surface area contributed by atoms with Gasteiger partial charge in [0.25, 0.3) is 5.91 Å². The van der Waals surface area contributed by atoms with Gasteiger partial charge in [0.2, 0.25) is 0 Å². The molecule has 4 rings (SSSR count). The summed E-state index contributed by atoms with van der Waals surface area (Å²) in [5, 5.41) is 2.81. The molecule has 2 unspecified atom stereocenters. The van der Waals surface area contributed by atoms with Crippen molar-refractivity contribution in [1.29, 1.82) is 0 Å². The second-order valence-corrected chi connectivity index (χ2v) is 8.27. The first-order valence-corrected chi connectivity index (χ1v) is 9.65. The molecule has 2 aliphatic carbocycles. The van der Waals surface area contributed by atoms with E-state index in [0.29, 0.717) is 47.8 Å². The van der Waals surface area contributed by atoms with Gasteiger partial charge in [0.1, 0.15) is 17.3 Å². The van der Waals surface area contributed by atoms with Crippen molar-refractivity contribution in [2.75, 3.05) is 5.32 Å². The van der Waals surface area contributed by atoms with Crippen molar-refractivity contribution < 1.29 is 14.0 Å². The van der Waals surface area contributed by atoms with Gasteiger partial charge in [-0.3, -0.25) is 9.59 Å². The lowest BCUT2D eigenvalue weighted by atomic mass is 9.94. The maximum atomic E-state index is 13.4. The Kier molecular flexibility index (Phi) is 4.58. The van der Waals surface area contributed by atoms with Crippen molar-refractivity contribution in [3.63, 3.8) is 0 Å². The molecule has 1 amide bonds. The molecule has 1 heterocycles. The van der Waals surface area contributed by atoms with E-state index in [9.17, 15) is 14.0 Å². The molecule has 0 radical (unpaired) electrons. The second-order valence-electron chi connectivity index (χ2n) is 7.87. The molecule has 2 aliphatic rings. The highest BCUT2D eigenvalue weighted by atomic mass is 35.5. The van der Waals surface area contributed by atoms with Gasteiger partial charge in [0, 0.05) is 31.3 Å². The van der Waals surface area contributed by atoms with E-state index in [-0.39, 0.29) is 10.9 Å². The van der Waals surface area contributed by atoms with Crippen molar-refractivity contribution in [2.24, 2.45) is 18.9 Å². The third kappa shape index (κ3) is 3.29. The zero-order valence-electron chi connectivity index (χ0n) is 15.4. The normalized spacial score (nSPS) is 24.3. The molecule has 1 aromatic carbocycles. The maximum Gasteiger partial charge on any atom is 0.272 e. The Labute approximate surface area is 162 Å². The Morgan fingerprint density at radius 2 is 1.89 bits per heavy atom. The van der Waals surface area contributed by atoms with Gasteiger partial charge in [-0.05, 0) is 67.3 Å². The number of fused-ring (bicyclic) bond motifs is 1. The second kappa shape index (κ2) is 6.79. The van der Waals surface area contributed by atoms with E-state index >= 15 is 0 Å². The minimum Gasteiger partial charge on any atom is -0.344 e. The van der Waals surface area contributed by atoms with Crippen LogP contribution in [0.25, 0.3) is 0 Å². The van der Waals surface area contributed by atoms with Crippen LogP contribution in [0.5, 0.6) is 0 Å². The fourth-order valence-electron chi connectivity index (χ4n) is 4.75. The molecule has 0 aliphatic heterocycles. The molecule has 142 valence electrons. The van der Waals surface area contributed by atoms with E-state index < -0.39 is 5.82 Å². The largest absolute Gasteiger partial charge is 0.344 e. The van der Waals surface area contributed by atoms with Gasteiger partial charge in [0.15, 0.2) is 0 Å². The van der Waals surface area contributed by atoms with Crippen molar-refractivity contribution >= 4 is 29.0 Å². The van der Waals surface area contributed by atoms with Crippen LogP contribution in [-0.2, 0) is 11.8 Å². The predicted octanol–water partition coefficient (Wildman–Crippen LogP) is 4.85. The van der Waals surface area contributed by atoms with E-state index in [1.807, 2.05) is 18.5 Å². The van der Waals surface area contributed by atoms with E-state index in [2.05, 4.69) is 11.4 Å². The summed E-state index contributed by atoms with van der Waals surface area (Å²) in [7, 11) is 1.88. The molecule has 0 bridgehead atoms. The number of aromatic nitrogens is 1. The lowest BCUT2D eigenvalue weighted by Gasteiger charge is -2.14. The van der Waals surface area contributed by atoms with Gasteiger partial charge in [0.05, 0.1) is 5.02 Å². The fraction of sp³-hybridized carbons (Fsp3) is 0.429. The van der Waals surface area contributed by atoms with Crippen molar-refractivity contribution in [2.45, 2.75) is 38.5 Å². The molecule has 2 fully saturated rings. The standard InChI is InChI=1S/C21H22ClFN2O2/c1-11-5-17(14-6-12-8-16(26)9-13(12)7-14)20(25(11)2)21(27)24-15-3-4-19(23)18(22)10-15/h3-5,10,12-14H,6-9H2,1-2H3,(H,24,27). The molecule has 6 heteroatoms. The van der Waals surface area contributed by atoms with E-state index in [1.54, 1.807) is 0 Å². The van der Waals surface area contributed by atoms with Crippen LogP contribution in [0.4, 0.5) is 10.1 Å². The predicted molar refractivity (Wildman–Crippen MR) is 103 cm³/mol. The van der Waals surface area contributed by atoms with Crippen molar-refractivity contribution in [3.8, 4) is 0 Å². The molecule has 2 saturated carbocycles. The molecule has 1 N–H and O–H groups in total. The molecular weight excluding hydrogens is 367 g/mol.